The summed E-state index contributed by atoms with van der Waals surface area (Å²) in [6.07, 6.45) is 0. The summed E-state index contributed by atoms with van der Waals surface area (Å²) in [4.78, 5) is 24.1. The molecule has 0 saturated carbocycles. The average Bonchev–Trinajstić information content (AvgIpc) is 2.63. The van der Waals surface area contributed by atoms with Gasteiger partial charge < -0.3 is 20.6 Å². The molecular weight excluding hydrogens is 356 g/mol. The Labute approximate surface area is 164 Å². The third-order valence-electron chi connectivity index (χ3n) is 4.38. The van der Waals surface area contributed by atoms with Gasteiger partial charge >= 0.3 is 5.97 Å². The van der Waals surface area contributed by atoms with Crippen LogP contribution in [-0.4, -0.2) is 29.2 Å². The lowest BCUT2D eigenvalue weighted by molar-refractivity contribution is -0.113. The number of aliphatic hydroxyl groups excluding tert-OH is 1. The van der Waals surface area contributed by atoms with Crippen molar-refractivity contribution < 1.29 is 19.4 Å². The number of Topliss-reactive ketones (excluding diaryl/α,β-unsaturated/α-hetero) is 1. The van der Waals surface area contributed by atoms with E-state index in [-0.39, 0.29) is 11.3 Å². The van der Waals surface area contributed by atoms with Crippen molar-refractivity contribution in [3.63, 3.8) is 0 Å². The van der Waals surface area contributed by atoms with Crippen LogP contribution in [0.1, 0.15) is 35.3 Å². The minimum Gasteiger partial charge on any atom is -0.508 e. The van der Waals surface area contributed by atoms with E-state index in [0.29, 0.717) is 11.3 Å². The van der Waals surface area contributed by atoms with E-state index < -0.39 is 24.1 Å². The van der Waals surface area contributed by atoms with Crippen LogP contribution in [-0.2, 0) is 9.53 Å². The molecule has 0 unspecified atom stereocenters. The summed E-state index contributed by atoms with van der Waals surface area (Å²) in [6.45, 7) is 6.15. The molecule has 0 saturated heterocycles. The normalized spacial score (nSPS) is 11.4. The van der Waals surface area contributed by atoms with Gasteiger partial charge in [0.1, 0.15) is 12.4 Å². The molecule has 0 aliphatic rings. The van der Waals surface area contributed by atoms with Crippen molar-refractivity contribution in [3.8, 4) is 0 Å². The number of allylic oxidation sites excluding steroid dienone is 1. The molecule has 0 fully saturated rings. The summed E-state index contributed by atoms with van der Waals surface area (Å²) in [5, 5.41) is 20.9. The summed E-state index contributed by atoms with van der Waals surface area (Å²) in [7, 11) is 0. The Bertz CT molecular complexity index is 945. The molecule has 6 heteroatoms. The first-order chi connectivity index (χ1) is 13.2. The minimum atomic E-state index is -0.648. The number of carbonyl (C=O) groups is 2. The molecule has 0 atom stereocenters. The number of carbonyl (C=O) groups excluding carboxylic acids is 2. The molecule has 3 N–H and O–H groups in total. The van der Waals surface area contributed by atoms with Crippen molar-refractivity contribution in [3.05, 3.63) is 70.5 Å². The van der Waals surface area contributed by atoms with E-state index in [2.05, 4.69) is 5.32 Å². The largest absolute Gasteiger partial charge is 0.508 e. The molecule has 28 heavy (non-hydrogen) atoms. The van der Waals surface area contributed by atoms with E-state index in [9.17, 15) is 14.7 Å². The number of ketones is 1. The predicted molar refractivity (Wildman–Crippen MR) is 110 cm³/mol. The van der Waals surface area contributed by atoms with Gasteiger partial charge in [-0.25, -0.2) is 4.79 Å². The van der Waals surface area contributed by atoms with Crippen molar-refractivity contribution in [1.29, 1.82) is 5.41 Å². The maximum absolute atomic E-state index is 12.5. The Kier molecular flexibility index (Phi) is 6.71. The fraction of sp³-hybridized carbons (Fsp3) is 0.227. The van der Waals surface area contributed by atoms with E-state index in [4.69, 9.17) is 10.1 Å². The van der Waals surface area contributed by atoms with E-state index in [1.807, 2.05) is 32.0 Å². The third kappa shape index (κ3) is 4.85. The molecule has 2 aromatic carbocycles. The van der Waals surface area contributed by atoms with Crippen LogP contribution in [0.5, 0.6) is 0 Å². The second kappa shape index (κ2) is 8.99. The number of para-hydroxylation sites is 1. The van der Waals surface area contributed by atoms with Crippen LogP contribution in [0.2, 0.25) is 0 Å². The quantitative estimate of drug-likeness (QED) is 0.281. The number of hydrogen-bond donors (Lipinski definition) is 3. The second-order valence-corrected chi connectivity index (χ2v) is 6.50. The maximum atomic E-state index is 12.5. The van der Waals surface area contributed by atoms with Gasteiger partial charge in [-0.05, 0) is 57.0 Å². The zero-order valence-corrected chi connectivity index (χ0v) is 16.4. The standard InChI is InChI=1S/C22H24N2O4/c1-13-8-7-11-18(14(13)2)24-19-10-6-5-9-17(19)22(27)28-12-20(26)21(15(3)23)16(4)25/h5-11,23-24,26H,12H2,1-4H3/b21-20+,23-15?. The van der Waals surface area contributed by atoms with Crippen molar-refractivity contribution in [1.82, 2.24) is 0 Å². The highest BCUT2D eigenvalue weighted by Crippen LogP contribution is 2.25. The molecule has 146 valence electrons. The van der Waals surface area contributed by atoms with E-state index in [1.54, 1.807) is 24.3 Å². The van der Waals surface area contributed by atoms with Crippen LogP contribution < -0.4 is 5.32 Å². The van der Waals surface area contributed by atoms with Gasteiger partial charge in [0.05, 0.1) is 16.8 Å². The lowest BCUT2D eigenvalue weighted by atomic mass is 10.1. The van der Waals surface area contributed by atoms with Crippen molar-refractivity contribution in [2.45, 2.75) is 27.7 Å². The zero-order valence-electron chi connectivity index (χ0n) is 16.4. The molecular formula is C22H24N2O4. The van der Waals surface area contributed by atoms with Crippen molar-refractivity contribution >= 4 is 28.8 Å². The molecule has 0 heterocycles. The summed E-state index contributed by atoms with van der Waals surface area (Å²) in [5.74, 6) is -1.54. The monoisotopic (exact) mass is 380 g/mol. The first kappa shape index (κ1) is 20.9. The number of ether oxygens (including phenoxy) is 1. The van der Waals surface area contributed by atoms with Crippen LogP contribution in [0.3, 0.4) is 0 Å². The number of aliphatic hydroxyl groups is 1. The lowest BCUT2D eigenvalue weighted by Gasteiger charge is -2.15. The van der Waals surface area contributed by atoms with Crippen molar-refractivity contribution in [2.24, 2.45) is 0 Å². The molecule has 0 radical (unpaired) electrons. The van der Waals surface area contributed by atoms with Crippen LogP contribution >= 0.6 is 0 Å². The molecule has 0 amide bonds. The van der Waals surface area contributed by atoms with Gasteiger partial charge in [-0.2, -0.15) is 0 Å². The number of hydrogen-bond acceptors (Lipinski definition) is 6. The number of benzene rings is 2. The van der Waals surface area contributed by atoms with Crippen LogP contribution in [0.25, 0.3) is 0 Å². The summed E-state index contributed by atoms with van der Waals surface area (Å²) in [6, 6.07) is 12.7. The van der Waals surface area contributed by atoms with Crippen LogP contribution in [0.4, 0.5) is 11.4 Å². The minimum absolute atomic E-state index is 0.0851. The van der Waals surface area contributed by atoms with Gasteiger partial charge in [-0.15, -0.1) is 0 Å². The summed E-state index contributed by atoms with van der Waals surface area (Å²) < 4.78 is 5.17. The Balaban J connectivity index is 2.23. The highest BCUT2D eigenvalue weighted by molar-refractivity contribution is 6.20. The van der Waals surface area contributed by atoms with Gasteiger partial charge in [0.15, 0.2) is 5.78 Å². The predicted octanol–water partition coefficient (Wildman–Crippen LogP) is 4.64. The first-order valence-corrected chi connectivity index (χ1v) is 8.80. The van der Waals surface area contributed by atoms with Gasteiger partial charge in [0.2, 0.25) is 0 Å². The maximum Gasteiger partial charge on any atom is 0.340 e. The van der Waals surface area contributed by atoms with Gasteiger partial charge in [-0.3, -0.25) is 4.79 Å². The first-order valence-electron chi connectivity index (χ1n) is 8.80. The molecule has 0 aromatic heterocycles. The van der Waals surface area contributed by atoms with Gasteiger partial charge in [-0.1, -0.05) is 24.3 Å². The van der Waals surface area contributed by atoms with Gasteiger partial charge in [0.25, 0.3) is 0 Å². The van der Waals surface area contributed by atoms with E-state index in [1.165, 1.54) is 13.8 Å². The van der Waals surface area contributed by atoms with E-state index in [0.717, 1.165) is 16.8 Å². The fourth-order valence-corrected chi connectivity index (χ4v) is 2.77. The van der Waals surface area contributed by atoms with E-state index >= 15 is 0 Å². The number of anilines is 2. The molecule has 2 rings (SSSR count). The zero-order chi connectivity index (χ0) is 20.8. The Hall–Kier alpha value is -3.41. The topological polar surface area (TPSA) is 99.5 Å². The lowest BCUT2D eigenvalue weighted by Crippen LogP contribution is -2.15. The number of esters is 1. The highest BCUT2D eigenvalue weighted by atomic mass is 16.5. The Morgan fingerprint density at radius 3 is 2.32 bits per heavy atom. The number of aryl methyl sites for hydroxylation is 1. The average molecular weight is 380 g/mol. The number of nitrogens with one attached hydrogen (secondary N) is 2. The molecule has 6 nitrogen and oxygen atoms in total. The van der Waals surface area contributed by atoms with Gasteiger partial charge in [0, 0.05) is 11.4 Å². The second-order valence-electron chi connectivity index (χ2n) is 6.50. The fourth-order valence-electron chi connectivity index (χ4n) is 2.77. The highest BCUT2D eigenvalue weighted by Gasteiger charge is 2.17. The van der Waals surface area contributed by atoms with Crippen LogP contribution in [0.15, 0.2) is 53.8 Å². The molecule has 0 spiro atoms. The van der Waals surface area contributed by atoms with Crippen molar-refractivity contribution in [2.75, 3.05) is 11.9 Å². The molecule has 0 bridgehead atoms. The van der Waals surface area contributed by atoms with Crippen LogP contribution in [0, 0.1) is 19.3 Å². The SMILES string of the molecule is CC(=N)/C(C(C)=O)=C(\O)COC(=O)c1ccccc1Nc1cccc(C)c1C. The molecule has 0 aliphatic carbocycles. The summed E-state index contributed by atoms with van der Waals surface area (Å²) >= 11 is 0. The molecule has 2 aromatic rings. The number of rotatable bonds is 7. The molecule has 0 aliphatic heterocycles. The Morgan fingerprint density at radius 1 is 1.04 bits per heavy atom. The summed E-state index contributed by atoms with van der Waals surface area (Å²) in [5.41, 5.74) is 3.71. The Morgan fingerprint density at radius 2 is 1.68 bits per heavy atom. The smallest absolute Gasteiger partial charge is 0.340 e. The third-order valence-corrected chi connectivity index (χ3v) is 4.38.